The van der Waals surface area contributed by atoms with Gasteiger partial charge in [-0.3, -0.25) is 0 Å². The summed E-state index contributed by atoms with van der Waals surface area (Å²) in [7, 11) is 0. The lowest BCUT2D eigenvalue weighted by molar-refractivity contribution is 0.0710. The highest BCUT2D eigenvalue weighted by molar-refractivity contribution is 5.86. The first-order valence-corrected chi connectivity index (χ1v) is 10.4. The molecule has 151 valence electrons. The minimum atomic E-state index is -1.23. The molecule has 0 amide bonds. The summed E-state index contributed by atoms with van der Waals surface area (Å²) in [6.07, 6.45) is 0.454. The molecule has 1 radical (unpaired) electrons. The van der Waals surface area contributed by atoms with E-state index in [-0.39, 0.29) is 5.92 Å². The third-order valence-electron chi connectivity index (χ3n) is 5.78. The fourth-order valence-corrected chi connectivity index (χ4v) is 4.46. The van der Waals surface area contributed by atoms with Gasteiger partial charge in [0, 0.05) is 18.9 Å². The first-order chi connectivity index (χ1) is 14.5. The summed E-state index contributed by atoms with van der Waals surface area (Å²) in [5.41, 5.74) is 10.1. The summed E-state index contributed by atoms with van der Waals surface area (Å²) in [4.78, 5) is 0. The van der Waals surface area contributed by atoms with Gasteiger partial charge in [0.2, 0.25) is 0 Å². The number of hydrogen-bond acceptors (Lipinski definition) is 2. The molecule has 2 heteroatoms. The minimum absolute atomic E-state index is 0.296. The third-order valence-corrected chi connectivity index (χ3v) is 5.78. The molecule has 0 aromatic heterocycles. The number of aliphatic hydroxyl groups is 1. The van der Waals surface area contributed by atoms with Gasteiger partial charge >= 0.3 is 0 Å². The lowest BCUT2D eigenvalue weighted by Gasteiger charge is -2.35. The molecule has 0 aliphatic carbocycles. The van der Waals surface area contributed by atoms with Gasteiger partial charge in [-0.2, -0.15) is 0 Å². The topological polar surface area (TPSA) is 46.2 Å². The van der Waals surface area contributed by atoms with E-state index in [9.17, 15) is 5.11 Å². The second kappa shape index (κ2) is 8.43. The van der Waals surface area contributed by atoms with Crippen molar-refractivity contribution in [3.63, 3.8) is 0 Å². The molecule has 0 saturated heterocycles. The smallest absolute Gasteiger partial charge is 0.0797 e. The zero-order chi connectivity index (χ0) is 21.1. The van der Waals surface area contributed by atoms with Gasteiger partial charge in [0.25, 0.3) is 0 Å². The van der Waals surface area contributed by atoms with E-state index in [0.717, 1.165) is 33.0 Å². The number of hydrogen-bond donors (Lipinski definition) is 2. The van der Waals surface area contributed by atoms with Gasteiger partial charge in [-0.05, 0) is 46.9 Å². The number of benzene rings is 4. The maximum atomic E-state index is 11.8. The molecule has 0 aliphatic heterocycles. The van der Waals surface area contributed by atoms with E-state index < -0.39 is 5.60 Å². The van der Waals surface area contributed by atoms with Crippen molar-refractivity contribution in [1.29, 1.82) is 0 Å². The van der Waals surface area contributed by atoms with Crippen LogP contribution < -0.4 is 5.73 Å². The van der Waals surface area contributed by atoms with Crippen LogP contribution in [-0.2, 0) is 13.0 Å². The van der Waals surface area contributed by atoms with E-state index in [1.54, 1.807) is 0 Å². The van der Waals surface area contributed by atoms with Gasteiger partial charge in [0.15, 0.2) is 0 Å². The lowest BCUT2D eigenvalue weighted by atomic mass is 9.74. The SMILES string of the molecule is [CH2]C(O)(Cc1cccc(C)c1)C(c1cccc(CN)c1)c1cccc2ccccc12. The van der Waals surface area contributed by atoms with Crippen molar-refractivity contribution in [3.8, 4) is 0 Å². The van der Waals surface area contributed by atoms with E-state index >= 15 is 0 Å². The van der Waals surface area contributed by atoms with Crippen molar-refractivity contribution >= 4 is 10.8 Å². The van der Waals surface area contributed by atoms with Crippen LogP contribution in [0.25, 0.3) is 10.8 Å². The molecule has 2 nitrogen and oxygen atoms in total. The molecule has 4 aromatic rings. The molecular formula is C28H28NO. The van der Waals surface area contributed by atoms with E-state index in [1.165, 1.54) is 5.56 Å². The van der Waals surface area contributed by atoms with Crippen molar-refractivity contribution in [2.45, 2.75) is 31.4 Å². The molecule has 2 atom stereocenters. The van der Waals surface area contributed by atoms with Crippen LogP contribution in [0.5, 0.6) is 0 Å². The summed E-state index contributed by atoms with van der Waals surface area (Å²) in [6, 6.07) is 31.0. The highest BCUT2D eigenvalue weighted by Gasteiger charge is 2.36. The first kappa shape index (κ1) is 20.3. The normalized spacial score (nSPS) is 14.4. The number of nitrogens with two attached hydrogens (primary N) is 1. The molecule has 0 heterocycles. The van der Waals surface area contributed by atoms with Gasteiger partial charge in [-0.15, -0.1) is 0 Å². The number of fused-ring (bicyclic) bond motifs is 1. The van der Waals surface area contributed by atoms with Crippen molar-refractivity contribution < 1.29 is 5.11 Å². The van der Waals surface area contributed by atoms with Crippen LogP contribution in [0.15, 0.2) is 91.0 Å². The predicted molar refractivity (Wildman–Crippen MR) is 125 cm³/mol. The molecule has 4 aromatic carbocycles. The van der Waals surface area contributed by atoms with Crippen LogP contribution >= 0.6 is 0 Å². The van der Waals surface area contributed by atoms with E-state index in [2.05, 4.69) is 74.5 Å². The quantitative estimate of drug-likeness (QED) is 0.451. The molecule has 0 fully saturated rings. The van der Waals surface area contributed by atoms with Crippen LogP contribution in [0.4, 0.5) is 0 Å². The highest BCUT2D eigenvalue weighted by Crippen LogP contribution is 2.40. The Morgan fingerprint density at radius 2 is 1.57 bits per heavy atom. The zero-order valence-electron chi connectivity index (χ0n) is 17.4. The minimum Gasteiger partial charge on any atom is -0.389 e. The summed E-state index contributed by atoms with van der Waals surface area (Å²) in [5.74, 6) is -0.296. The Balaban J connectivity index is 1.88. The summed E-state index contributed by atoms with van der Waals surface area (Å²) < 4.78 is 0. The zero-order valence-corrected chi connectivity index (χ0v) is 17.4. The van der Waals surface area contributed by atoms with Crippen molar-refractivity contribution in [2.24, 2.45) is 5.73 Å². The van der Waals surface area contributed by atoms with Crippen molar-refractivity contribution in [3.05, 3.63) is 126 Å². The molecular weight excluding hydrogens is 366 g/mol. The molecule has 0 spiro atoms. The van der Waals surface area contributed by atoms with Crippen molar-refractivity contribution in [1.82, 2.24) is 0 Å². The average molecular weight is 395 g/mol. The molecule has 0 bridgehead atoms. The lowest BCUT2D eigenvalue weighted by Crippen LogP contribution is -2.36. The van der Waals surface area contributed by atoms with Crippen LogP contribution in [0.2, 0.25) is 0 Å². The average Bonchev–Trinajstić information content (AvgIpc) is 2.74. The maximum absolute atomic E-state index is 11.8. The third kappa shape index (κ3) is 4.16. The van der Waals surface area contributed by atoms with Crippen LogP contribution in [-0.4, -0.2) is 10.7 Å². The highest BCUT2D eigenvalue weighted by atomic mass is 16.3. The molecule has 4 rings (SSSR count). The Labute approximate surface area is 179 Å². The van der Waals surface area contributed by atoms with E-state index in [4.69, 9.17) is 5.73 Å². The Kier molecular flexibility index (Phi) is 5.72. The van der Waals surface area contributed by atoms with Crippen molar-refractivity contribution in [2.75, 3.05) is 0 Å². The monoisotopic (exact) mass is 394 g/mol. The van der Waals surface area contributed by atoms with Gasteiger partial charge in [0.05, 0.1) is 5.60 Å². The second-order valence-corrected chi connectivity index (χ2v) is 8.22. The maximum Gasteiger partial charge on any atom is 0.0797 e. The van der Waals surface area contributed by atoms with Gasteiger partial charge < -0.3 is 10.8 Å². The second-order valence-electron chi connectivity index (χ2n) is 8.22. The largest absolute Gasteiger partial charge is 0.389 e. The number of aryl methyl sites for hydroxylation is 1. The summed E-state index contributed by atoms with van der Waals surface area (Å²) in [5, 5.41) is 14.1. The molecule has 0 saturated carbocycles. The van der Waals surface area contributed by atoms with Crippen LogP contribution in [0.1, 0.15) is 33.7 Å². The Bertz CT molecular complexity index is 1160. The van der Waals surface area contributed by atoms with Crippen LogP contribution in [0, 0.1) is 13.8 Å². The predicted octanol–water partition coefficient (Wildman–Crippen LogP) is 5.55. The van der Waals surface area contributed by atoms with Gasteiger partial charge in [-0.1, -0.05) is 96.6 Å². The summed E-state index contributed by atoms with van der Waals surface area (Å²) >= 11 is 0. The fourth-order valence-electron chi connectivity index (χ4n) is 4.46. The summed E-state index contributed by atoms with van der Waals surface area (Å²) in [6.45, 7) is 6.86. The standard InChI is InChI=1S/C28H28NO/c1-20-8-5-9-21(16-20)18-28(2,30)27(24-13-6-10-22(17-24)19-29)26-15-7-12-23-11-3-4-14-25(23)26/h3-17,27,30H,2,18-19,29H2,1H3. The Morgan fingerprint density at radius 3 is 2.37 bits per heavy atom. The van der Waals surface area contributed by atoms with E-state index in [0.29, 0.717) is 13.0 Å². The van der Waals surface area contributed by atoms with Gasteiger partial charge in [0.1, 0.15) is 0 Å². The van der Waals surface area contributed by atoms with E-state index in [1.807, 2.05) is 30.3 Å². The van der Waals surface area contributed by atoms with Gasteiger partial charge in [-0.25, -0.2) is 0 Å². The molecule has 3 N–H and O–H groups in total. The first-order valence-electron chi connectivity index (χ1n) is 10.4. The Morgan fingerprint density at radius 1 is 0.867 bits per heavy atom. The Hall–Kier alpha value is -2.94. The molecule has 2 unspecified atom stereocenters. The van der Waals surface area contributed by atoms with Crippen LogP contribution in [0.3, 0.4) is 0 Å². The molecule has 30 heavy (non-hydrogen) atoms. The fraction of sp³-hybridized carbons (Fsp3) is 0.179. The molecule has 0 aliphatic rings. The number of rotatable bonds is 6.